The highest BCUT2D eigenvalue weighted by Gasteiger charge is 2.46. The lowest BCUT2D eigenvalue weighted by atomic mass is 9.61. The van der Waals surface area contributed by atoms with E-state index in [1.807, 2.05) is 0 Å². The average molecular weight is 167 g/mol. The number of fused-ring (bicyclic) bond motifs is 3. The highest BCUT2D eigenvalue weighted by Crippen LogP contribution is 2.48. The van der Waals surface area contributed by atoms with Crippen molar-refractivity contribution >= 4 is 0 Å². The van der Waals surface area contributed by atoms with Gasteiger partial charge in [0.15, 0.2) is 0 Å². The molecule has 3 aliphatic rings. The molecule has 3 fully saturated rings. The van der Waals surface area contributed by atoms with Crippen LogP contribution in [0.3, 0.4) is 0 Å². The SMILES string of the molecule is CC1CC2N(C)CC1CC2(C)C. The van der Waals surface area contributed by atoms with Crippen molar-refractivity contribution in [3.05, 3.63) is 0 Å². The molecule has 2 saturated heterocycles. The van der Waals surface area contributed by atoms with Crippen molar-refractivity contribution in [3.8, 4) is 0 Å². The summed E-state index contributed by atoms with van der Waals surface area (Å²) in [4.78, 5) is 2.58. The third kappa shape index (κ3) is 1.10. The summed E-state index contributed by atoms with van der Waals surface area (Å²) in [6.45, 7) is 8.65. The molecule has 0 aromatic carbocycles. The van der Waals surface area contributed by atoms with E-state index in [2.05, 4.69) is 32.7 Å². The molecule has 1 aliphatic carbocycles. The average Bonchev–Trinajstić information content (AvgIpc) is 1.92. The highest BCUT2D eigenvalue weighted by atomic mass is 15.2. The summed E-state index contributed by atoms with van der Waals surface area (Å²) in [5, 5.41) is 0. The fourth-order valence-corrected chi connectivity index (χ4v) is 3.39. The van der Waals surface area contributed by atoms with Crippen LogP contribution in [0.1, 0.15) is 33.6 Å². The van der Waals surface area contributed by atoms with E-state index >= 15 is 0 Å². The second-order valence-corrected chi connectivity index (χ2v) is 5.62. The topological polar surface area (TPSA) is 3.24 Å². The maximum absolute atomic E-state index is 2.58. The first-order valence-electron chi connectivity index (χ1n) is 5.21. The molecule has 3 atom stereocenters. The molecule has 12 heavy (non-hydrogen) atoms. The Labute approximate surface area is 76.1 Å². The van der Waals surface area contributed by atoms with Gasteiger partial charge in [0.1, 0.15) is 0 Å². The number of rotatable bonds is 0. The van der Waals surface area contributed by atoms with E-state index in [1.165, 1.54) is 19.4 Å². The normalized spacial score (nSPS) is 46.5. The first kappa shape index (κ1) is 8.55. The molecular weight excluding hydrogens is 146 g/mol. The van der Waals surface area contributed by atoms with Crippen LogP contribution in [0.25, 0.3) is 0 Å². The molecule has 0 radical (unpaired) electrons. The molecule has 70 valence electrons. The molecule has 2 aliphatic heterocycles. The Balaban J connectivity index is 2.22. The van der Waals surface area contributed by atoms with Crippen LogP contribution < -0.4 is 0 Å². The maximum Gasteiger partial charge on any atom is 0.0146 e. The van der Waals surface area contributed by atoms with E-state index in [0.717, 1.165) is 17.9 Å². The summed E-state index contributed by atoms with van der Waals surface area (Å²) >= 11 is 0. The van der Waals surface area contributed by atoms with Crippen LogP contribution in [0.2, 0.25) is 0 Å². The van der Waals surface area contributed by atoms with Crippen molar-refractivity contribution in [2.24, 2.45) is 17.3 Å². The largest absolute Gasteiger partial charge is 0.303 e. The van der Waals surface area contributed by atoms with Gasteiger partial charge in [-0.3, -0.25) is 0 Å². The third-order valence-corrected chi connectivity index (χ3v) is 4.14. The fourth-order valence-electron chi connectivity index (χ4n) is 3.39. The number of hydrogen-bond acceptors (Lipinski definition) is 1. The van der Waals surface area contributed by atoms with E-state index in [9.17, 15) is 0 Å². The van der Waals surface area contributed by atoms with Crippen LogP contribution in [-0.4, -0.2) is 24.5 Å². The summed E-state index contributed by atoms with van der Waals surface area (Å²) in [5.41, 5.74) is 0.574. The molecule has 1 saturated carbocycles. The fraction of sp³-hybridized carbons (Fsp3) is 1.00. The van der Waals surface area contributed by atoms with Crippen LogP contribution in [-0.2, 0) is 0 Å². The molecule has 0 aromatic rings. The zero-order chi connectivity index (χ0) is 8.93. The van der Waals surface area contributed by atoms with Crippen molar-refractivity contribution in [2.45, 2.75) is 39.7 Å². The molecule has 0 amide bonds. The number of piperidine rings is 2. The van der Waals surface area contributed by atoms with E-state index in [1.54, 1.807) is 0 Å². The predicted molar refractivity (Wildman–Crippen MR) is 52.1 cm³/mol. The maximum atomic E-state index is 2.58. The lowest BCUT2D eigenvalue weighted by Gasteiger charge is -2.56. The molecule has 1 nitrogen and oxygen atoms in total. The van der Waals surface area contributed by atoms with Crippen LogP contribution >= 0.6 is 0 Å². The molecule has 0 spiro atoms. The highest BCUT2D eigenvalue weighted by molar-refractivity contribution is 4.99. The minimum Gasteiger partial charge on any atom is -0.303 e. The minimum atomic E-state index is 0.574. The Morgan fingerprint density at radius 3 is 2.42 bits per heavy atom. The summed E-state index contributed by atoms with van der Waals surface area (Å²) in [7, 11) is 2.30. The van der Waals surface area contributed by atoms with Crippen molar-refractivity contribution in [3.63, 3.8) is 0 Å². The second kappa shape index (κ2) is 2.47. The van der Waals surface area contributed by atoms with Gasteiger partial charge in [-0.1, -0.05) is 20.8 Å². The van der Waals surface area contributed by atoms with Crippen molar-refractivity contribution < 1.29 is 0 Å². The van der Waals surface area contributed by atoms with Gasteiger partial charge < -0.3 is 4.90 Å². The van der Waals surface area contributed by atoms with Crippen LogP contribution in [0.5, 0.6) is 0 Å². The molecule has 1 heteroatoms. The zero-order valence-corrected chi connectivity index (χ0v) is 8.80. The van der Waals surface area contributed by atoms with Crippen molar-refractivity contribution in [1.29, 1.82) is 0 Å². The number of hydrogen-bond donors (Lipinski definition) is 0. The van der Waals surface area contributed by atoms with Gasteiger partial charge in [0.05, 0.1) is 0 Å². The Bertz CT molecular complexity index is 185. The van der Waals surface area contributed by atoms with E-state index < -0.39 is 0 Å². The quantitative estimate of drug-likeness (QED) is 0.535. The molecular formula is C11H21N. The van der Waals surface area contributed by atoms with Crippen LogP contribution in [0.15, 0.2) is 0 Å². The summed E-state index contributed by atoms with van der Waals surface area (Å²) in [6, 6.07) is 0.845. The van der Waals surface area contributed by atoms with Gasteiger partial charge >= 0.3 is 0 Å². The molecule has 0 aromatic heterocycles. The first-order valence-corrected chi connectivity index (χ1v) is 5.21. The smallest absolute Gasteiger partial charge is 0.0146 e. The lowest BCUT2D eigenvalue weighted by molar-refractivity contribution is -0.0590. The summed E-state index contributed by atoms with van der Waals surface area (Å²) in [6.07, 6.45) is 2.87. The molecule has 0 N–H and O–H groups in total. The van der Waals surface area contributed by atoms with Gasteiger partial charge in [0.25, 0.3) is 0 Å². The van der Waals surface area contributed by atoms with Gasteiger partial charge in [-0.15, -0.1) is 0 Å². The molecule has 3 unspecified atom stereocenters. The monoisotopic (exact) mass is 167 g/mol. The molecule has 2 bridgehead atoms. The predicted octanol–water partition coefficient (Wildman–Crippen LogP) is 2.37. The second-order valence-electron chi connectivity index (χ2n) is 5.62. The zero-order valence-electron chi connectivity index (χ0n) is 8.80. The van der Waals surface area contributed by atoms with Gasteiger partial charge in [-0.25, -0.2) is 0 Å². The summed E-state index contributed by atoms with van der Waals surface area (Å²) in [5.74, 6) is 1.94. The number of nitrogens with zero attached hydrogens (tertiary/aromatic N) is 1. The Hall–Kier alpha value is -0.0400. The lowest BCUT2D eigenvalue weighted by Crippen LogP contribution is -2.57. The van der Waals surface area contributed by atoms with E-state index in [-0.39, 0.29) is 0 Å². The summed E-state index contributed by atoms with van der Waals surface area (Å²) < 4.78 is 0. The van der Waals surface area contributed by atoms with Crippen LogP contribution in [0.4, 0.5) is 0 Å². The van der Waals surface area contributed by atoms with Gasteiger partial charge in [-0.05, 0) is 37.1 Å². The Morgan fingerprint density at radius 2 is 2.00 bits per heavy atom. The first-order chi connectivity index (χ1) is 5.50. The van der Waals surface area contributed by atoms with Crippen molar-refractivity contribution in [2.75, 3.05) is 13.6 Å². The Kier molecular flexibility index (Phi) is 1.76. The minimum absolute atomic E-state index is 0.574. The molecule has 3 rings (SSSR count). The Morgan fingerprint density at radius 1 is 1.33 bits per heavy atom. The van der Waals surface area contributed by atoms with Gasteiger partial charge in [0.2, 0.25) is 0 Å². The van der Waals surface area contributed by atoms with E-state index in [0.29, 0.717) is 5.41 Å². The van der Waals surface area contributed by atoms with Gasteiger partial charge in [-0.2, -0.15) is 0 Å². The van der Waals surface area contributed by atoms with E-state index in [4.69, 9.17) is 0 Å². The standard InChI is InChI=1S/C11H21N/c1-8-5-10-11(2,3)6-9(8)7-12(10)4/h8-10H,5-7H2,1-4H3. The van der Waals surface area contributed by atoms with Crippen LogP contribution in [0, 0.1) is 17.3 Å². The molecule has 2 heterocycles. The van der Waals surface area contributed by atoms with Crippen molar-refractivity contribution in [1.82, 2.24) is 4.90 Å². The third-order valence-electron chi connectivity index (χ3n) is 4.14. The van der Waals surface area contributed by atoms with Gasteiger partial charge in [0, 0.05) is 12.6 Å².